The third-order valence-electron chi connectivity index (χ3n) is 2.15. The van der Waals surface area contributed by atoms with Crippen molar-refractivity contribution < 1.29 is 9.66 Å². The summed E-state index contributed by atoms with van der Waals surface area (Å²) in [6.07, 6.45) is 0.800. The van der Waals surface area contributed by atoms with Crippen LogP contribution in [0.15, 0.2) is 12.1 Å². The van der Waals surface area contributed by atoms with Gasteiger partial charge in [0.2, 0.25) is 5.69 Å². The van der Waals surface area contributed by atoms with Gasteiger partial charge in [0.15, 0.2) is 0 Å². The highest BCUT2D eigenvalue weighted by Crippen LogP contribution is 2.17. The molecule has 1 rings (SSSR count). The lowest BCUT2D eigenvalue weighted by Crippen LogP contribution is -2.08. The number of pyridine rings is 1. The van der Waals surface area contributed by atoms with Crippen molar-refractivity contribution in [3.05, 3.63) is 27.9 Å². The first kappa shape index (κ1) is 13.9. The van der Waals surface area contributed by atoms with Gasteiger partial charge in [-0.3, -0.25) is 10.1 Å². The summed E-state index contributed by atoms with van der Waals surface area (Å²) in [4.78, 5) is 13.9. The van der Waals surface area contributed by atoms with E-state index in [-0.39, 0.29) is 11.4 Å². The quantitative estimate of drug-likeness (QED) is 0.449. The topological polar surface area (TPSA) is 101 Å². The van der Waals surface area contributed by atoms with Crippen LogP contribution in [0.1, 0.15) is 19.0 Å². The van der Waals surface area contributed by atoms with E-state index in [1.807, 2.05) is 6.92 Å². The molecule has 0 fully saturated rings. The molecule has 1 N–H and O–H groups in total. The minimum Gasteiger partial charge on any atom is -0.382 e. The summed E-state index contributed by atoms with van der Waals surface area (Å²) in [6.45, 7) is 3.87. The SMILES string of the molecule is CCOCCCNc1ccc([N+](=O)[O-])c(C#N)n1. The molecule has 0 bridgehead atoms. The smallest absolute Gasteiger partial charge is 0.305 e. The fraction of sp³-hybridized carbons (Fsp3) is 0.455. The Kier molecular flexibility index (Phi) is 5.54. The standard InChI is InChI=1S/C11H14N4O3/c1-2-18-7-3-6-13-11-5-4-10(15(16)17)9(8-12)14-11/h4-5H,2-3,6-7H2,1H3,(H,13,14). The molecule has 1 aromatic rings. The zero-order valence-corrected chi connectivity index (χ0v) is 10.0. The first-order chi connectivity index (χ1) is 8.69. The molecule has 0 aromatic carbocycles. The van der Waals surface area contributed by atoms with Crippen LogP contribution in [0.4, 0.5) is 11.5 Å². The van der Waals surface area contributed by atoms with E-state index in [0.717, 1.165) is 6.42 Å². The van der Waals surface area contributed by atoms with E-state index < -0.39 is 4.92 Å². The zero-order chi connectivity index (χ0) is 13.4. The Labute approximate surface area is 105 Å². The van der Waals surface area contributed by atoms with Crippen molar-refractivity contribution in [1.29, 1.82) is 5.26 Å². The summed E-state index contributed by atoms with van der Waals surface area (Å²) >= 11 is 0. The van der Waals surface area contributed by atoms with Crippen LogP contribution >= 0.6 is 0 Å². The monoisotopic (exact) mass is 250 g/mol. The van der Waals surface area contributed by atoms with Gasteiger partial charge < -0.3 is 10.1 Å². The number of hydrogen-bond acceptors (Lipinski definition) is 6. The highest BCUT2D eigenvalue weighted by Gasteiger charge is 2.15. The molecule has 0 radical (unpaired) electrons. The molecule has 0 amide bonds. The number of rotatable bonds is 7. The summed E-state index contributed by atoms with van der Waals surface area (Å²) in [5.41, 5.74) is -0.466. The largest absolute Gasteiger partial charge is 0.382 e. The van der Waals surface area contributed by atoms with Crippen LogP contribution in [0.25, 0.3) is 0 Å². The molecule has 96 valence electrons. The molecule has 0 saturated carbocycles. The van der Waals surface area contributed by atoms with Crippen LogP contribution in [-0.4, -0.2) is 29.7 Å². The molecule has 1 aromatic heterocycles. The zero-order valence-electron chi connectivity index (χ0n) is 10.0. The normalized spacial score (nSPS) is 9.78. The number of nitrogens with one attached hydrogen (secondary N) is 1. The Hall–Kier alpha value is -2.20. The van der Waals surface area contributed by atoms with Crippen molar-refractivity contribution in [2.24, 2.45) is 0 Å². The molecule has 7 nitrogen and oxygen atoms in total. The summed E-state index contributed by atoms with van der Waals surface area (Å²) < 4.78 is 5.16. The van der Waals surface area contributed by atoms with Crippen LogP contribution in [0.3, 0.4) is 0 Å². The predicted molar refractivity (Wildman–Crippen MR) is 65.2 cm³/mol. The van der Waals surface area contributed by atoms with Crippen molar-refractivity contribution >= 4 is 11.5 Å². The summed E-state index contributed by atoms with van der Waals surface area (Å²) in [5, 5.41) is 22.3. The van der Waals surface area contributed by atoms with Gasteiger partial charge in [-0.15, -0.1) is 0 Å². The van der Waals surface area contributed by atoms with Gasteiger partial charge in [-0.1, -0.05) is 0 Å². The number of anilines is 1. The van der Waals surface area contributed by atoms with Gasteiger partial charge >= 0.3 is 5.69 Å². The fourth-order valence-corrected chi connectivity index (χ4v) is 1.31. The van der Waals surface area contributed by atoms with E-state index in [1.165, 1.54) is 12.1 Å². The molecule has 0 atom stereocenters. The van der Waals surface area contributed by atoms with Crippen molar-refractivity contribution in [3.8, 4) is 6.07 Å². The Balaban J connectivity index is 2.58. The lowest BCUT2D eigenvalue weighted by Gasteiger charge is -2.05. The number of aromatic nitrogens is 1. The van der Waals surface area contributed by atoms with E-state index in [1.54, 1.807) is 6.07 Å². The molecule has 18 heavy (non-hydrogen) atoms. The van der Waals surface area contributed by atoms with Crippen molar-refractivity contribution in [3.63, 3.8) is 0 Å². The van der Waals surface area contributed by atoms with E-state index in [2.05, 4.69) is 10.3 Å². The number of nitro groups is 1. The predicted octanol–water partition coefficient (Wildman–Crippen LogP) is 1.70. The average Bonchev–Trinajstić information content (AvgIpc) is 2.38. The second-order valence-electron chi connectivity index (χ2n) is 3.41. The molecule has 0 spiro atoms. The minimum absolute atomic E-state index is 0.185. The fourth-order valence-electron chi connectivity index (χ4n) is 1.31. The summed E-state index contributed by atoms with van der Waals surface area (Å²) in [5.74, 6) is 0.452. The van der Waals surface area contributed by atoms with E-state index in [4.69, 9.17) is 10.00 Å². The number of hydrogen-bond donors (Lipinski definition) is 1. The van der Waals surface area contributed by atoms with Crippen molar-refractivity contribution in [2.45, 2.75) is 13.3 Å². The minimum atomic E-state index is -0.621. The number of nitrogens with zero attached hydrogens (tertiary/aromatic N) is 3. The average molecular weight is 250 g/mol. The summed E-state index contributed by atoms with van der Waals surface area (Å²) in [7, 11) is 0. The lowest BCUT2D eigenvalue weighted by molar-refractivity contribution is -0.385. The van der Waals surface area contributed by atoms with Gasteiger partial charge in [0.25, 0.3) is 0 Å². The maximum atomic E-state index is 10.6. The lowest BCUT2D eigenvalue weighted by atomic mass is 10.3. The molecule has 0 saturated heterocycles. The van der Waals surface area contributed by atoms with Crippen molar-refractivity contribution in [2.75, 3.05) is 25.1 Å². The number of nitriles is 1. The van der Waals surface area contributed by atoms with Crippen molar-refractivity contribution in [1.82, 2.24) is 4.98 Å². The van der Waals surface area contributed by atoms with Crippen LogP contribution in [0.5, 0.6) is 0 Å². The first-order valence-electron chi connectivity index (χ1n) is 5.56. The molecular formula is C11H14N4O3. The highest BCUT2D eigenvalue weighted by molar-refractivity contribution is 5.50. The van der Waals surface area contributed by atoms with Gasteiger partial charge in [-0.05, 0) is 19.4 Å². The van der Waals surface area contributed by atoms with Gasteiger partial charge in [0.05, 0.1) is 4.92 Å². The van der Waals surface area contributed by atoms with E-state index in [9.17, 15) is 10.1 Å². The first-order valence-corrected chi connectivity index (χ1v) is 5.56. The van der Waals surface area contributed by atoms with Crippen LogP contribution in [0, 0.1) is 21.4 Å². The van der Waals surface area contributed by atoms with E-state index >= 15 is 0 Å². The van der Waals surface area contributed by atoms with Gasteiger partial charge in [-0.25, -0.2) is 4.98 Å². The third kappa shape index (κ3) is 3.99. The number of ether oxygens (including phenoxy) is 1. The Morgan fingerprint density at radius 2 is 2.39 bits per heavy atom. The maximum Gasteiger partial charge on any atom is 0.305 e. The van der Waals surface area contributed by atoms with Gasteiger partial charge in [-0.2, -0.15) is 5.26 Å². The van der Waals surface area contributed by atoms with Crippen LogP contribution in [-0.2, 0) is 4.74 Å². The Morgan fingerprint density at radius 3 is 3.00 bits per heavy atom. The molecular weight excluding hydrogens is 236 g/mol. The second-order valence-corrected chi connectivity index (χ2v) is 3.41. The van der Waals surface area contributed by atoms with Crippen LogP contribution in [0.2, 0.25) is 0 Å². The Bertz CT molecular complexity index is 456. The summed E-state index contributed by atoms with van der Waals surface area (Å²) in [6, 6.07) is 4.47. The van der Waals surface area contributed by atoms with Gasteiger partial charge in [0.1, 0.15) is 11.9 Å². The van der Waals surface area contributed by atoms with Crippen LogP contribution < -0.4 is 5.32 Å². The molecule has 0 unspecified atom stereocenters. The second kappa shape index (κ2) is 7.19. The molecule has 0 aliphatic rings. The van der Waals surface area contributed by atoms with Gasteiger partial charge in [0, 0.05) is 25.8 Å². The Morgan fingerprint density at radius 1 is 1.61 bits per heavy atom. The van der Waals surface area contributed by atoms with E-state index in [0.29, 0.717) is 25.6 Å². The molecule has 0 aliphatic carbocycles. The molecule has 1 heterocycles. The highest BCUT2D eigenvalue weighted by atomic mass is 16.6. The maximum absolute atomic E-state index is 10.6. The molecule has 0 aliphatic heterocycles. The third-order valence-corrected chi connectivity index (χ3v) is 2.15. The molecule has 7 heteroatoms.